The van der Waals surface area contributed by atoms with Crippen LogP contribution < -0.4 is 14.8 Å². The van der Waals surface area contributed by atoms with Gasteiger partial charge in [0, 0.05) is 11.8 Å². The zero-order valence-electron chi connectivity index (χ0n) is 16.0. The summed E-state index contributed by atoms with van der Waals surface area (Å²) in [6.45, 7) is 2.47. The molecule has 0 saturated heterocycles. The maximum absolute atomic E-state index is 12.1. The fourth-order valence-corrected chi connectivity index (χ4v) is 2.64. The van der Waals surface area contributed by atoms with Crippen LogP contribution in [-0.4, -0.2) is 13.0 Å². The molecule has 0 radical (unpaired) electrons. The van der Waals surface area contributed by atoms with E-state index in [9.17, 15) is 4.79 Å². The van der Waals surface area contributed by atoms with Gasteiger partial charge in [-0.1, -0.05) is 54.1 Å². The lowest BCUT2D eigenvalue weighted by molar-refractivity contribution is -0.111. The fraction of sp³-hybridized carbons (Fsp3) is 0.125. The van der Waals surface area contributed by atoms with E-state index in [0.717, 1.165) is 22.4 Å². The first-order valence-electron chi connectivity index (χ1n) is 9.04. The molecular weight excluding hydrogens is 350 g/mol. The summed E-state index contributed by atoms with van der Waals surface area (Å²) in [7, 11) is 1.60. The number of carbonyl (C=O) groups is 1. The molecule has 0 unspecified atom stereocenters. The molecule has 3 aromatic carbocycles. The number of nitrogens with one attached hydrogen (secondary N) is 1. The van der Waals surface area contributed by atoms with Crippen molar-refractivity contribution in [3.63, 3.8) is 0 Å². The van der Waals surface area contributed by atoms with E-state index in [1.54, 1.807) is 13.2 Å². The van der Waals surface area contributed by atoms with Crippen LogP contribution in [0.5, 0.6) is 11.5 Å². The van der Waals surface area contributed by atoms with Gasteiger partial charge in [0.15, 0.2) is 11.5 Å². The number of aryl methyl sites for hydroxylation is 1. The third kappa shape index (κ3) is 5.48. The largest absolute Gasteiger partial charge is 0.493 e. The third-order valence-corrected chi connectivity index (χ3v) is 4.17. The second-order valence-electron chi connectivity index (χ2n) is 6.37. The lowest BCUT2D eigenvalue weighted by atomic mass is 10.2. The van der Waals surface area contributed by atoms with Gasteiger partial charge in [0.2, 0.25) is 5.91 Å². The van der Waals surface area contributed by atoms with Crippen LogP contribution in [0.4, 0.5) is 5.69 Å². The second-order valence-corrected chi connectivity index (χ2v) is 6.37. The van der Waals surface area contributed by atoms with E-state index in [-0.39, 0.29) is 5.91 Å². The molecule has 142 valence electrons. The van der Waals surface area contributed by atoms with Crippen LogP contribution >= 0.6 is 0 Å². The highest BCUT2D eigenvalue weighted by molar-refractivity contribution is 6.01. The van der Waals surface area contributed by atoms with Gasteiger partial charge in [-0.05, 0) is 48.4 Å². The van der Waals surface area contributed by atoms with Crippen molar-refractivity contribution in [2.45, 2.75) is 13.5 Å². The summed E-state index contributed by atoms with van der Waals surface area (Å²) in [4.78, 5) is 12.1. The van der Waals surface area contributed by atoms with Crippen molar-refractivity contribution in [2.24, 2.45) is 0 Å². The number of ether oxygens (including phenoxy) is 2. The van der Waals surface area contributed by atoms with Crippen molar-refractivity contribution < 1.29 is 14.3 Å². The second kappa shape index (κ2) is 9.42. The van der Waals surface area contributed by atoms with Gasteiger partial charge in [0.05, 0.1) is 7.11 Å². The zero-order chi connectivity index (χ0) is 19.8. The van der Waals surface area contributed by atoms with E-state index in [1.807, 2.05) is 79.7 Å². The summed E-state index contributed by atoms with van der Waals surface area (Å²) in [5, 5.41) is 2.84. The van der Waals surface area contributed by atoms with Crippen LogP contribution in [0.15, 0.2) is 78.9 Å². The minimum atomic E-state index is -0.188. The molecule has 4 nitrogen and oxygen atoms in total. The lowest BCUT2D eigenvalue weighted by Crippen LogP contribution is -2.07. The molecule has 0 bridgehead atoms. The number of amides is 1. The molecule has 3 aromatic rings. The first-order chi connectivity index (χ1) is 13.6. The molecule has 0 heterocycles. The molecule has 0 fully saturated rings. The van der Waals surface area contributed by atoms with E-state index in [0.29, 0.717) is 18.1 Å². The predicted octanol–water partition coefficient (Wildman–Crippen LogP) is 5.23. The van der Waals surface area contributed by atoms with Gasteiger partial charge in [0.25, 0.3) is 0 Å². The van der Waals surface area contributed by atoms with Crippen LogP contribution in [0.1, 0.15) is 16.7 Å². The topological polar surface area (TPSA) is 47.6 Å². The molecule has 0 atom stereocenters. The lowest BCUT2D eigenvalue weighted by Gasteiger charge is -2.11. The SMILES string of the molecule is COc1cc(/C=C/C(=O)Nc2ccc(C)cc2)ccc1OCc1ccccc1. The standard InChI is InChI=1S/C24H23NO3/c1-18-8-12-21(13-9-18)25-24(26)15-11-19-10-14-22(23(16-19)27-2)28-17-20-6-4-3-5-7-20/h3-16H,17H2,1-2H3,(H,25,26)/b15-11+. The number of methoxy groups -OCH3 is 1. The number of benzene rings is 3. The Labute approximate surface area is 165 Å². The summed E-state index contributed by atoms with van der Waals surface area (Å²) < 4.78 is 11.3. The molecule has 1 amide bonds. The predicted molar refractivity (Wildman–Crippen MR) is 113 cm³/mol. The molecule has 4 heteroatoms. The van der Waals surface area contributed by atoms with Crippen LogP contribution in [0.25, 0.3) is 6.08 Å². The van der Waals surface area contributed by atoms with Crippen molar-refractivity contribution in [1.82, 2.24) is 0 Å². The highest BCUT2D eigenvalue weighted by atomic mass is 16.5. The Morgan fingerprint density at radius 1 is 0.964 bits per heavy atom. The Morgan fingerprint density at radius 2 is 1.71 bits per heavy atom. The Morgan fingerprint density at radius 3 is 2.43 bits per heavy atom. The third-order valence-electron chi connectivity index (χ3n) is 4.17. The quantitative estimate of drug-likeness (QED) is 0.577. The van der Waals surface area contributed by atoms with E-state index in [2.05, 4.69) is 5.32 Å². The fourth-order valence-electron chi connectivity index (χ4n) is 2.64. The molecule has 0 aliphatic carbocycles. The minimum absolute atomic E-state index is 0.188. The van der Waals surface area contributed by atoms with Crippen molar-refractivity contribution >= 4 is 17.7 Å². The molecule has 0 spiro atoms. The molecule has 0 aliphatic heterocycles. The average Bonchev–Trinajstić information content (AvgIpc) is 2.73. The number of hydrogen-bond acceptors (Lipinski definition) is 3. The van der Waals surface area contributed by atoms with Gasteiger partial charge in [0.1, 0.15) is 6.61 Å². The minimum Gasteiger partial charge on any atom is -0.493 e. The van der Waals surface area contributed by atoms with Crippen LogP contribution in [0, 0.1) is 6.92 Å². The van der Waals surface area contributed by atoms with E-state index < -0.39 is 0 Å². The number of rotatable bonds is 7. The highest BCUT2D eigenvalue weighted by Gasteiger charge is 2.06. The molecule has 28 heavy (non-hydrogen) atoms. The summed E-state index contributed by atoms with van der Waals surface area (Å²) >= 11 is 0. The summed E-state index contributed by atoms with van der Waals surface area (Å²) in [5.74, 6) is 1.09. The Bertz CT molecular complexity index is 947. The van der Waals surface area contributed by atoms with Crippen LogP contribution in [-0.2, 0) is 11.4 Å². The van der Waals surface area contributed by atoms with Crippen LogP contribution in [0.2, 0.25) is 0 Å². The normalized spacial score (nSPS) is 10.6. The zero-order valence-corrected chi connectivity index (χ0v) is 16.0. The van der Waals surface area contributed by atoms with Crippen molar-refractivity contribution in [3.8, 4) is 11.5 Å². The first-order valence-corrected chi connectivity index (χ1v) is 9.04. The molecule has 1 N–H and O–H groups in total. The maximum atomic E-state index is 12.1. The van der Waals surface area contributed by atoms with E-state index in [1.165, 1.54) is 6.08 Å². The number of carbonyl (C=O) groups excluding carboxylic acids is 1. The summed E-state index contributed by atoms with van der Waals surface area (Å²) in [5.41, 5.74) is 3.85. The summed E-state index contributed by atoms with van der Waals surface area (Å²) in [6, 6.07) is 23.2. The van der Waals surface area contributed by atoms with Gasteiger partial charge < -0.3 is 14.8 Å². The molecule has 0 saturated carbocycles. The smallest absolute Gasteiger partial charge is 0.248 e. The van der Waals surface area contributed by atoms with Crippen molar-refractivity contribution in [2.75, 3.05) is 12.4 Å². The van der Waals surface area contributed by atoms with Gasteiger partial charge in [-0.2, -0.15) is 0 Å². The number of anilines is 1. The molecule has 0 aromatic heterocycles. The number of hydrogen-bond donors (Lipinski definition) is 1. The molecule has 3 rings (SSSR count). The maximum Gasteiger partial charge on any atom is 0.248 e. The summed E-state index contributed by atoms with van der Waals surface area (Å²) in [6.07, 6.45) is 3.24. The van der Waals surface area contributed by atoms with Gasteiger partial charge in [-0.15, -0.1) is 0 Å². The molecule has 0 aliphatic rings. The van der Waals surface area contributed by atoms with E-state index in [4.69, 9.17) is 9.47 Å². The average molecular weight is 373 g/mol. The van der Waals surface area contributed by atoms with Gasteiger partial charge in [-0.3, -0.25) is 4.79 Å². The Hall–Kier alpha value is -3.53. The highest BCUT2D eigenvalue weighted by Crippen LogP contribution is 2.29. The van der Waals surface area contributed by atoms with Gasteiger partial charge in [-0.25, -0.2) is 0 Å². The Kier molecular flexibility index (Phi) is 6.47. The Balaban J connectivity index is 1.63. The first kappa shape index (κ1) is 19.2. The van der Waals surface area contributed by atoms with E-state index >= 15 is 0 Å². The molecular formula is C24H23NO3. The monoisotopic (exact) mass is 373 g/mol. The van der Waals surface area contributed by atoms with Crippen molar-refractivity contribution in [1.29, 1.82) is 0 Å². The van der Waals surface area contributed by atoms with Crippen molar-refractivity contribution in [3.05, 3.63) is 95.6 Å². The van der Waals surface area contributed by atoms with Crippen LogP contribution in [0.3, 0.4) is 0 Å². The van der Waals surface area contributed by atoms with Gasteiger partial charge >= 0.3 is 0 Å².